The number of carbonyl (C=O) groups is 3. The third kappa shape index (κ3) is 39.7. The highest BCUT2D eigenvalue weighted by molar-refractivity contribution is 7.45. The smallest absolute Gasteiger partial charge is 0.306 e. The molecule has 0 amide bonds. The number of phosphoric acid groups is 1. The zero-order valence-corrected chi connectivity index (χ0v) is 36.8. The van der Waals surface area contributed by atoms with Crippen molar-refractivity contribution in [1.82, 2.24) is 0 Å². The van der Waals surface area contributed by atoms with Gasteiger partial charge in [0.25, 0.3) is 7.82 Å². The molecule has 0 radical (unpaired) electrons. The Labute approximate surface area is 350 Å². The average Bonchev–Trinajstić information content (AvgIpc) is 3.20. The van der Waals surface area contributed by atoms with Crippen molar-refractivity contribution in [2.75, 3.05) is 19.8 Å². The van der Waals surface area contributed by atoms with Gasteiger partial charge in [0.1, 0.15) is 25.2 Å². The quantitative estimate of drug-likeness (QED) is 0.0271. The van der Waals surface area contributed by atoms with Crippen molar-refractivity contribution in [3.8, 4) is 0 Å². The van der Waals surface area contributed by atoms with Crippen molar-refractivity contribution in [1.29, 1.82) is 0 Å². The molecule has 0 rings (SSSR count). The Morgan fingerprint density at radius 3 is 1.41 bits per heavy atom. The maximum atomic E-state index is 12.6. The van der Waals surface area contributed by atoms with E-state index in [1.165, 1.54) is 70.6 Å². The molecule has 3 atom stereocenters. The molecule has 0 aromatic rings. The molecule has 11 nitrogen and oxygen atoms in total. The fourth-order valence-corrected chi connectivity index (χ4v) is 6.35. The molecule has 58 heavy (non-hydrogen) atoms. The molecule has 0 heterocycles. The molecule has 332 valence electrons. The molecule has 1 unspecified atom stereocenters. The Kier molecular flexibility index (Phi) is 38.5. The Morgan fingerprint density at radius 2 is 0.966 bits per heavy atom. The summed E-state index contributed by atoms with van der Waals surface area (Å²) >= 11 is 0. The molecule has 0 fully saturated rings. The van der Waals surface area contributed by atoms with Gasteiger partial charge >= 0.3 is 11.9 Å². The lowest BCUT2D eigenvalue weighted by molar-refractivity contribution is -0.441. The van der Waals surface area contributed by atoms with Crippen molar-refractivity contribution < 1.29 is 53.2 Å². The van der Waals surface area contributed by atoms with Gasteiger partial charge in [0.2, 0.25) is 0 Å². The number of ether oxygens (including phenoxy) is 2. The average molecular weight is 835 g/mol. The molecule has 0 aliphatic rings. The Hall–Kier alpha value is -3.08. The molecule has 0 spiro atoms. The molecule has 0 saturated carbocycles. The second kappa shape index (κ2) is 40.7. The van der Waals surface area contributed by atoms with Crippen molar-refractivity contribution in [2.45, 2.75) is 180 Å². The van der Waals surface area contributed by atoms with Crippen LogP contribution in [0.5, 0.6) is 0 Å². The van der Waals surface area contributed by atoms with Crippen molar-refractivity contribution >= 4 is 25.7 Å². The van der Waals surface area contributed by atoms with Crippen LogP contribution in [-0.4, -0.2) is 49.9 Å². The van der Waals surface area contributed by atoms with Gasteiger partial charge in [-0.2, -0.15) is 0 Å². The molecule has 12 heteroatoms. The molecule has 0 bridgehead atoms. The number of esters is 2. The van der Waals surface area contributed by atoms with Crippen LogP contribution in [0.4, 0.5) is 0 Å². The second-order valence-electron chi connectivity index (χ2n) is 14.5. The van der Waals surface area contributed by atoms with Crippen molar-refractivity contribution in [2.24, 2.45) is 0 Å². The second-order valence-corrected chi connectivity index (χ2v) is 15.9. The van der Waals surface area contributed by atoms with E-state index in [2.05, 4.69) is 78.8 Å². The molecule has 3 N–H and O–H groups in total. The van der Waals surface area contributed by atoms with E-state index in [9.17, 15) is 28.9 Å². The number of carboxylic acids is 1. The topological polar surface area (TPSA) is 179 Å². The fourth-order valence-electron chi connectivity index (χ4n) is 5.56. The summed E-state index contributed by atoms with van der Waals surface area (Å²) in [6.45, 7) is 2.51. The minimum absolute atomic E-state index is 0.0199. The molecule has 0 aromatic carbocycles. The summed E-state index contributed by atoms with van der Waals surface area (Å²) in [7, 11) is -4.98. The van der Waals surface area contributed by atoms with Crippen LogP contribution >= 0.6 is 7.82 Å². The molecular weight excluding hydrogens is 757 g/mol. The van der Waals surface area contributed by atoms with Gasteiger partial charge in [-0.1, -0.05) is 177 Å². The third-order valence-electron chi connectivity index (χ3n) is 9.01. The number of rotatable bonds is 40. The lowest BCUT2D eigenvalue weighted by Crippen LogP contribution is -2.70. The number of carboxylic acid groups (broad SMARTS) is 1. The molecule has 0 aromatic heterocycles. The standard InChI is InChI=1S/C46H78NO10P/c1-3-5-7-9-11-13-15-17-19-20-21-22-24-26-28-30-32-34-36-38-45(49)57-42(40-55-58(52,53)56-41-43(47)46(50)51)39-54-44(48)37-35-33-31-29-27-25-23-18-16-14-12-10-8-6-4-2/h5,7,11,13,17,19,21-22,26,28,32,34,42-43H,3-4,6,8-10,12,14-16,18,20,23-25,27,29-31,33,35-41,47H2,1-2H3,(H,50,51)(H,52,53)/p-1/b7-5-,13-11-,19-17-,22-21-,28-26-,34-32-/t42-,43+/m1/s1. The maximum absolute atomic E-state index is 12.6. The van der Waals surface area contributed by atoms with Gasteiger partial charge in [0.15, 0.2) is 6.10 Å². The van der Waals surface area contributed by atoms with E-state index in [1.807, 2.05) is 18.2 Å². The number of allylic oxidation sites excluding steroid dienone is 12. The van der Waals surface area contributed by atoms with Crippen LogP contribution in [0.3, 0.4) is 0 Å². The molecular formula is C46H77NO10P-. The Bertz CT molecular complexity index is 1260. The predicted octanol–water partition coefficient (Wildman–Crippen LogP) is 9.04. The van der Waals surface area contributed by atoms with Crippen molar-refractivity contribution in [3.05, 3.63) is 72.9 Å². The highest BCUT2D eigenvalue weighted by atomic mass is 31.2. The molecule has 0 aliphatic carbocycles. The largest absolute Gasteiger partial charge is 0.756 e. The van der Waals surface area contributed by atoms with Crippen LogP contribution in [0.1, 0.15) is 168 Å². The number of carbonyl (C=O) groups excluding carboxylic acids is 3. The van der Waals surface area contributed by atoms with Gasteiger partial charge in [0, 0.05) is 12.8 Å². The lowest BCUT2D eigenvalue weighted by atomic mass is 10.0. The van der Waals surface area contributed by atoms with Gasteiger partial charge < -0.3 is 39.0 Å². The summed E-state index contributed by atoms with van der Waals surface area (Å²) in [5, 5.41) is 10.8. The summed E-state index contributed by atoms with van der Waals surface area (Å²) in [5.74, 6) is -2.69. The summed E-state index contributed by atoms with van der Waals surface area (Å²) in [6, 6.07) is -1.44. The Balaban J connectivity index is 4.49. The van der Waals surface area contributed by atoms with Gasteiger partial charge in [0.05, 0.1) is 6.61 Å². The van der Waals surface area contributed by atoms with E-state index in [-0.39, 0.29) is 12.8 Å². The highest BCUT2D eigenvalue weighted by Gasteiger charge is 2.22. The van der Waals surface area contributed by atoms with Crippen LogP contribution in [0.2, 0.25) is 0 Å². The van der Waals surface area contributed by atoms with Gasteiger partial charge in [-0.25, -0.2) is 0 Å². The van der Waals surface area contributed by atoms with Crippen LogP contribution < -0.4 is 15.7 Å². The van der Waals surface area contributed by atoms with Crippen LogP contribution in [0.15, 0.2) is 72.9 Å². The first-order chi connectivity index (χ1) is 28.1. The number of hydrogen-bond acceptors (Lipinski definition) is 10. The third-order valence-corrected chi connectivity index (χ3v) is 9.94. The van der Waals surface area contributed by atoms with E-state index < -0.39 is 57.7 Å². The fraction of sp³-hybridized carbons (Fsp3) is 0.674. The van der Waals surface area contributed by atoms with E-state index in [0.29, 0.717) is 19.3 Å². The first-order valence-corrected chi connectivity index (χ1v) is 23.5. The summed E-state index contributed by atoms with van der Waals surface area (Å²) in [6.07, 6.45) is 48.2. The highest BCUT2D eigenvalue weighted by Crippen LogP contribution is 2.38. The summed E-state index contributed by atoms with van der Waals surface area (Å²) in [5.41, 5.74) is 3.23. The zero-order valence-electron chi connectivity index (χ0n) is 35.9. The van der Waals surface area contributed by atoms with Gasteiger partial charge in [-0.15, -0.1) is 0 Å². The van der Waals surface area contributed by atoms with E-state index in [1.54, 1.807) is 0 Å². The normalized spacial score (nSPS) is 14.4. The monoisotopic (exact) mass is 835 g/mol. The van der Waals surface area contributed by atoms with Crippen molar-refractivity contribution in [3.63, 3.8) is 0 Å². The van der Waals surface area contributed by atoms with E-state index >= 15 is 0 Å². The van der Waals surface area contributed by atoms with Crippen LogP contribution in [-0.2, 0) is 37.5 Å². The predicted molar refractivity (Wildman–Crippen MR) is 229 cm³/mol. The summed E-state index contributed by atoms with van der Waals surface area (Å²) in [4.78, 5) is 48.0. The summed E-state index contributed by atoms with van der Waals surface area (Å²) < 4.78 is 32.3. The SMILES string of the molecule is CC/C=C\C/C=C\C/C=C\C/C=C\C/C=C\C/C=C\CCC(=O)O[C@H](COC(=O)CCCCCCCCCCCCCCCCC)COP(=O)([O-])OC[C@H]([NH3+])C(=O)[O-]. The number of unbranched alkanes of at least 4 members (excludes halogenated alkanes) is 14. The first-order valence-electron chi connectivity index (χ1n) is 22.0. The molecule has 0 saturated heterocycles. The Morgan fingerprint density at radius 1 is 0.552 bits per heavy atom. The first kappa shape index (κ1) is 54.9. The van der Waals surface area contributed by atoms with Gasteiger partial charge in [-0.05, 0) is 51.4 Å². The van der Waals surface area contributed by atoms with E-state index in [0.717, 1.165) is 51.4 Å². The number of phosphoric ester groups is 1. The molecule has 0 aliphatic heterocycles. The zero-order chi connectivity index (χ0) is 42.8. The lowest BCUT2D eigenvalue weighted by Gasteiger charge is -2.26. The number of aliphatic carboxylic acids is 1. The van der Waals surface area contributed by atoms with E-state index in [4.69, 9.17) is 14.0 Å². The number of quaternary nitrogens is 1. The minimum Gasteiger partial charge on any atom is -0.756 e. The van der Waals surface area contributed by atoms with Gasteiger partial charge in [-0.3, -0.25) is 14.2 Å². The maximum Gasteiger partial charge on any atom is 0.306 e. The van der Waals surface area contributed by atoms with Crippen LogP contribution in [0.25, 0.3) is 0 Å². The number of hydrogen-bond donors (Lipinski definition) is 1. The van der Waals surface area contributed by atoms with Crippen LogP contribution in [0, 0.1) is 0 Å². The minimum atomic E-state index is -4.98.